The molecule has 0 fully saturated rings. The highest BCUT2D eigenvalue weighted by Gasteiger charge is 2.30. The highest BCUT2D eigenvalue weighted by molar-refractivity contribution is 5.75. The first kappa shape index (κ1) is 14.2. The number of ether oxygens (including phenoxy) is 2. The number of benzene rings is 1. The third-order valence-corrected chi connectivity index (χ3v) is 4.47. The van der Waals surface area contributed by atoms with E-state index in [1.807, 2.05) is 24.3 Å². The van der Waals surface area contributed by atoms with E-state index in [9.17, 15) is 4.79 Å². The van der Waals surface area contributed by atoms with E-state index < -0.39 is 0 Å². The number of hydrogen-bond donors (Lipinski definition) is 0. The second-order valence-corrected chi connectivity index (χ2v) is 5.96. The van der Waals surface area contributed by atoms with Gasteiger partial charge in [-0.05, 0) is 55.4 Å². The van der Waals surface area contributed by atoms with Crippen LogP contribution in [0.15, 0.2) is 35.6 Å². The molecule has 0 saturated carbocycles. The van der Waals surface area contributed by atoms with Crippen LogP contribution < -0.4 is 4.74 Å². The Labute approximate surface area is 125 Å². The summed E-state index contributed by atoms with van der Waals surface area (Å²) < 4.78 is 10.8. The maximum absolute atomic E-state index is 12.2. The smallest absolute Gasteiger partial charge is 0.314 e. The Bertz CT molecular complexity index is 542. The molecule has 1 atom stereocenters. The van der Waals surface area contributed by atoms with E-state index in [1.165, 1.54) is 18.4 Å². The van der Waals surface area contributed by atoms with Crippen molar-refractivity contribution in [3.63, 3.8) is 0 Å². The van der Waals surface area contributed by atoms with Gasteiger partial charge in [-0.2, -0.15) is 0 Å². The topological polar surface area (TPSA) is 35.5 Å². The van der Waals surface area contributed by atoms with Gasteiger partial charge in [0.05, 0.1) is 13.0 Å². The Morgan fingerprint density at radius 1 is 1.14 bits per heavy atom. The number of allylic oxidation sites excluding steroid dienone is 2. The molecule has 1 heterocycles. The molecule has 0 aromatic heterocycles. The maximum Gasteiger partial charge on any atom is 0.314 e. The summed E-state index contributed by atoms with van der Waals surface area (Å²) in [7, 11) is 1.66. The highest BCUT2D eigenvalue weighted by atomic mass is 16.5. The fourth-order valence-electron chi connectivity index (χ4n) is 3.24. The zero-order chi connectivity index (χ0) is 14.7. The van der Waals surface area contributed by atoms with E-state index in [0.717, 1.165) is 49.2 Å². The van der Waals surface area contributed by atoms with Crippen molar-refractivity contribution in [2.45, 2.75) is 44.9 Å². The summed E-state index contributed by atoms with van der Waals surface area (Å²) in [5.41, 5.74) is 2.54. The number of rotatable bonds is 3. The van der Waals surface area contributed by atoms with Crippen LogP contribution in [0.2, 0.25) is 0 Å². The summed E-state index contributed by atoms with van der Waals surface area (Å²) in [6, 6.07) is 7.95. The van der Waals surface area contributed by atoms with Crippen LogP contribution in [0.3, 0.4) is 0 Å². The lowest BCUT2D eigenvalue weighted by Gasteiger charge is -2.25. The second kappa shape index (κ2) is 6.33. The largest absolute Gasteiger partial charge is 0.497 e. The van der Waals surface area contributed by atoms with Crippen molar-refractivity contribution in [3.05, 3.63) is 41.2 Å². The predicted octanol–water partition coefficient (Wildman–Crippen LogP) is 4.02. The summed E-state index contributed by atoms with van der Waals surface area (Å²) in [5, 5.41) is 0. The van der Waals surface area contributed by atoms with Crippen molar-refractivity contribution in [2.75, 3.05) is 7.11 Å². The zero-order valence-corrected chi connectivity index (χ0v) is 12.6. The van der Waals surface area contributed by atoms with E-state index >= 15 is 0 Å². The highest BCUT2D eigenvalue weighted by Crippen LogP contribution is 2.35. The number of carbonyl (C=O) groups is 1. The Hall–Kier alpha value is -1.77. The third-order valence-electron chi connectivity index (χ3n) is 4.47. The zero-order valence-electron chi connectivity index (χ0n) is 12.6. The van der Waals surface area contributed by atoms with E-state index in [2.05, 4.69) is 0 Å². The van der Waals surface area contributed by atoms with E-state index in [1.54, 1.807) is 7.11 Å². The molecule has 0 radical (unpaired) electrons. The van der Waals surface area contributed by atoms with Crippen molar-refractivity contribution < 1.29 is 14.3 Å². The number of carbonyl (C=O) groups excluding carboxylic acids is 1. The summed E-state index contributed by atoms with van der Waals surface area (Å²) in [5.74, 6) is 1.74. The average molecular weight is 286 g/mol. The molecule has 0 bridgehead atoms. The number of hydrogen-bond acceptors (Lipinski definition) is 3. The predicted molar refractivity (Wildman–Crippen MR) is 81.0 cm³/mol. The van der Waals surface area contributed by atoms with Crippen molar-refractivity contribution in [2.24, 2.45) is 5.92 Å². The first-order valence-corrected chi connectivity index (χ1v) is 7.82. The lowest BCUT2D eigenvalue weighted by atomic mass is 9.88. The van der Waals surface area contributed by atoms with Gasteiger partial charge in [-0.1, -0.05) is 18.6 Å². The molecule has 112 valence electrons. The normalized spacial score (nSPS) is 22.3. The van der Waals surface area contributed by atoms with Crippen LogP contribution in [-0.2, 0) is 16.0 Å². The molecule has 3 heteroatoms. The van der Waals surface area contributed by atoms with Crippen molar-refractivity contribution in [1.29, 1.82) is 0 Å². The Kier molecular flexibility index (Phi) is 4.28. The molecule has 3 rings (SSSR count). The van der Waals surface area contributed by atoms with Crippen LogP contribution in [0.4, 0.5) is 0 Å². The minimum Gasteiger partial charge on any atom is -0.497 e. The van der Waals surface area contributed by atoms with Gasteiger partial charge in [-0.15, -0.1) is 0 Å². The standard InChI is InChI=1S/C18H22O3/c1-20-16-9-7-13(8-10-16)11-15-12-14-5-3-2-4-6-17(14)21-18(15)19/h7-10,15H,2-6,11-12H2,1H3. The fourth-order valence-corrected chi connectivity index (χ4v) is 3.24. The maximum atomic E-state index is 12.2. The molecule has 1 aromatic carbocycles. The van der Waals surface area contributed by atoms with Crippen LogP contribution in [0.1, 0.15) is 44.1 Å². The number of methoxy groups -OCH3 is 1. The van der Waals surface area contributed by atoms with Crippen LogP contribution >= 0.6 is 0 Å². The molecule has 0 spiro atoms. The molecular formula is C18H22O3. The van der Waals surface area contributed by atoms with Crippen molar-refractivity contribution in [1.82, 2.24) is 0 Å². The lowest BCUT2D eigenvalue weighted by molar-refractivity contribution is -0.146. The fraction of sp³-hybridized carbons (Fsp3) is 0.500. The summed E-state index contributed by atoms with van der Waals surface area (Å²) in [6.07, 6.45) is 7.28. The van der Waals surface area contributed by atoms with Crippen LogP contribution in [-0.4, -0.2) is 13.1 Å². The molecule has 1 aliphatic carbocycles. The van der Waals surface area contributed by atoms with Crippen LogP contribution in [0.5, 0.6) is 5.75 Å². The third kappa shape index (κ3) is 3.29. The lowest BCUT2D eigenvalue weighted by Crippen LogP contribution is -2.25. The van der Waals surface area contributed by atoms with E-state index in [-0.39, 0.29) is 11.9 Å². The van der Waals surface area contributed by atoms with Crippen LogP contribution in [0.25, 0.3) is 0 Å². The molecule has 2 aliphatic rings. The minimum absolute atomic E-state index is 0.0322. The van der Waals surface area contributed by atoms with Gasteiger partial charge in [0.25, 0.3) is 0 Å². The molecule has 1 unspecified atom stereocenters. The van der Waals surface area contributed by atoms with Gasteiger partial charge < -0.3 is 9.47 Å². The van der Waals surface area contributed by atoms with Crippen molar-refractivity contribution >= 4 is 5.97 Å². The monoisotopic (exact) mass is 286 g/mol. The van der Waals surface area contributed by atoms with Gasteiger partial charge in [-0.25, -0.2) is 0 Å². The van der Waals surface area contributed by atoms with Gasteiger partial charge in [0, 0.05) is 6.42 Å². The molecule has 0 N–H and O–H groups in total. The molecule has 0 saturated heterocycles. The molecule has 21 heavy (non-hydrogen) atoms. The summed E-state index contributed by atoms with van der Waals surface area (Å²) in [6.45, 7) is 0. The summed E-state index contributed by atoms with van der Waals surface area (Å²) >= 11 is 0. The van der Waals surface area contributed by atoms with Gasteiger partial charge >= 0.3 is 5.97 Å². The Balaban J connectivity index is 1.70. The number of esters is 1. The van der Waals surface area contributed by atoms with Gasteiger partial charge in [-0.3, -0.25) is 4.79 Å². The SMILES string of the molecule is COc1ccc(CC2CC3=C(CCCCC3)OC2=O)cc1. The first-order valence-electron chi connectivity index (χ1n) is 7.82. The molecular weight excluding hydrogens is 264 g/mol. The minimum atomic E-state index is -0.0496. The van der Waals surface area contributed by atoms with Gasteiger partial charge in [0.1, 0.15) is 11.5 Å². The van der Waals surface area contributed by atoms with E-state index in [0.29, 0.717) is 0 Å². The average Bonchev–Trinajstić information content (AvgIpc) is 2.73. The Morgan fingerprint density at radius 3 is 2.67 bits per heavy atom. The first-order chi connectivity index (χ1) is 10.3. The van der Waals surface area contributed by atoms with E-state index in [4.69, 9.17) is 9.47 Å². The Morgan fingerprint density at radius 2 is 1.90 bits per heavy atom. The molecule has 1 aliphatic heterocycles. The molecule has 0 amide bonds. The van der Waals surface area contributed by atoms with Gasteiger partial charge in [0.2, 0.25) is 0 Å². The summed E-state index contributed by atoms with van der Waals surface area (Å²) in [4.78, 5) is 12.2. The quantitative estimate of drug-likeness (QED) is 0.787. The van der Waals surface area contributed by atoms with Gasteiger partial charge in [0.15, 0.2) is 0 Å². The van der Waals surface area contributed by atoms with Crippen LogP contribution in [0, 0.1) is 5.92 Å². The molecule has 1 aromatic rings. The van der Waals surface area contributed by atoms with Crippen molar-refractivity contribution in [3.8, 4) is 5.75 Å². The molecule has 3 nitrogen and oxygen atoms in total. The second-order valence-electron chi connectivity index (χ2n) is 5.96.